The smallest absolute Gasteiger partial charge is 0.222 e. The van der Waals surface area contributed by atoms with Crippen LogP contribution in [0.15, 0.2) is 0 Å². The normalized spacial score (nSPS) is 23.2. The number of nitrogen functional groups attached to an aromatic ring is 1. The Labute approximate surface area is 107 Å². The molecular formula is C12H19N5O. The van der Waals surface area contributed by atoms with Crippen molar-refractivity contribution in [3.05, 3.63) is 11.3 Å². The highest BCUT2D eigenvalue weighted by molar-refractivity contribution is 5.53. The Hall–Kier alpha value is -1.40. The molecule has 1 saturated heterocycles. The molecule has 0 radical (unpaired) electrons. The van der Waals surface area contributed by atoms with Gasteiger partial charge >= 0.3 is 0 Å². The van der Waals surface area contributed by atoms with Gasteiger partial charge in [-0.25, -0.2) is 4.98 Å². The summed E-state index contributed by atoms with van der Waals surface area (Å²) in [7, 11) is 2.00. The summed E-state index contributed by atoms with van der Waals surface area (Å²) in [6, 6.07) is 0.529. The fraction of sp³-hybridized carbons (Fsp3) is 0.667. The molecule has 6 heteroatoms. The lowest BCUT2D eigenvalue weighted by Gasteiger charge is -2.25. The van der Waals surface area contributed by atoms with E-state index in [1.54, 1.807) is 0 Å². The van der Waals surface area contributed by atoms with Crippen molar-refractivity contribution in [1.29, 1.82) is 0 Å². The van der Waals surface area contributed by atoms with Crippen LogP contribution in [0.3, 0.4) is 0 Å². The molecule has 1 aromatic heterocycles. The van der Waals surface area contributed by atoms with Crippen LogP contribution in [0.4, 0.5) is 11.8 Å². The van der Waals surface area contributed by atoms with Crippen LogP contribution in [-0.4, -0.2) is 42.8 Å². The van der Waals surface area contributed by atoms with Gasteiger partial charge in [0.1, 0.15) is 5.82 Å². The van der Waals surface area contributed by atoms with E-state index in [0.717, 1.165) is 49.6 Å². The molecule has 6 nitrogen and oxygen atoms in total. The first-order chi connectivity index (χ1) is 8.78. The number of rotatable bonds is 2. The van der Waals surface area contributed by atoms with Crippen LogP contribution in [0.1, 0.15) is 17.7 Å². The molecule has 3 N–H and O–H groups in total. The lowest BCUT2D eigenvalue weighted by atomic mass is 10.1. The van der Waals surface area contributed by atoms with E-state index in [0.29, 0.717) is 18.6 Å². The van der Waals surface area contributed by atoms with Gasteiger partial charge in [0.2, 0.25) is 5.95 Å². The van der Waals surface area contributed by atoms with Gasteiger partial charge in [-0.05, 0) is 13.5 Å². The summed E-state index contributed by atoms with van der Waals surface area (Å²) in [6.07, 6.45) is 1.97. The second-order valence-corrected chi connectivity index (χ2v) is 4.85. The zero-order valence-electron chi connectivity index (χ0n) is 10.6. The van der Waals surface area contributed by atoms with E-state index in [1.807, 2.05) is 7.05 Å². The second-order valence-electron chi connectivity index (χ2n) is 4.85. The molecule has 0 unspecified atom stereocenters. The molecule has 0 saturated carbocycles. The number of fused-ring (bicyclic) bond motifs is 1. The average molecular weight is 249 g/mol. The molecule has 0 amide bonds. The molecule has 1 fully saturated rings. The largest absolute Gasteiger partial charge is 0.376 e. The highest BCUT2D eigenvalue weighted by Gasteiger charge is 2.27. The summed E-state index contributed by atoms with van der Waals surface area (Å²) >= 11 is 0. The number of ether oxygens (including phenoxy) is 1. The van der Waals surface area contributed by atoms with Gasteiger partial charge < -0.3 is 20.7 Å². The maximum Gasteiger partial charge on any atom is 0.222 e. The van der Waals surface area contributed by atoms with E-state index >= 15 is 0 Å². The molecule has 3 rings (SSSR count). The fourth-order valence-corrected chi connectivity index (χ4v) is 2.68. The first-order valence-corrected chi connectivity index (χ1v) is 6.43. The lowest BCUT2D eigenvalue weighted by molar-refractivity contribution is 0.109. The molecule has 1 atom stereocenters. The highest BCUT2D eigenvalue weighted by Crippen LogP contribution is 2.28. The van der Waals surface area contributed by atoms with E-state index in [4.69, 9.17) is 10.5 Å². The van der Waals surface area contributed by atoms with Crippen LogP contribution >= 0.6 is 0 Å². The van der Waals surface area contributed by atoms with Gasteiger partial charge in [0, 0.05) is 31.1 Å². The molecule has 0 aromatic carbocycles. The third-order valence-corrected chi connectivity index (χ3v) is 3.71. The summed E-state index contributed by atoms with van der Waals surface area (Å²) in [6.45, 7) is 3.31. The van der Waals surface area contributed by atoms with Crippen molar-refractivity contribution < 1.29 is 4.74 Å². The summed E-state index contributed by atoms with van der Waals surface area (Å²) in [5.74, 6) is 1.34. The minimum absolute atomic E-state index is 0.374. The summed E-state index contributed by atoms with van der Waals surface area (Å²) < 4.78 is 5.53. The Kier molecular flexibility index (Phi) is 3.05. The van der Waals surface area contributed by atoms with Crippen molar-refractivity contribution in [3.63, 3.8) is 0 Å². The zero-order valence-corrected chi connectivity index (χ0v) is 10.6. The topological polar surface area (TPSA) is 76.3 Å². The maximum absolute atomic E-state index is 5.81. The third-order valence-electron chi connectivity index (χ3n) is 3.71. The quantitative estimate of drug-likeness (QED) is 0.764. The Bertz CT molecular complexity index is 450. The van der Waals surface area contributed by atoms with Crippen LogP contribution in [0.25, 0.3) is 0 Å². The number of nitrogens with zero attached hydrogens (tertiary/aromatic N) is 3. The van der Waals surface area contributed by atoms with Gasteiger partial charge in [0.15, 0.2) is 0 Å². The first-order valence-electron chi connectivity index (χ1n) is 6.43. The number of hydrogen-bond acceptors (Lipinski definition) is 6. The minimum Gasteiger partial charge on any atom is -0.376 e. The highest BCUT2D eigenvalue weighted by atomic mass is 16.5. The van der Waals surface area contributed by atoms with E-state index in [2.05, 4.69) is 20.2 Å². The predicted molar refractivity (Wildman–Crippen MR) is 69.5 cm³/mol. The molecule has 1 aromatic rings. The molecule has 3 heterocycles. The van der Waals surface area contributed by atoms with Crippen LogP contribution < -0.4 is 16.0 Å². The third kappa shape index (κ3) is 2.02. The Balaban J connectivity index is 1.93. The first kappa shape index (κ1) is 11.7. The number of nitrogens with two attached hydrogens (primary N) is 1. The van der Waals surface area contributed by atoms with Gasteiger partial charge in [-0.3, -0.25) is 0 Å². The zero-order chi connectivity index (χ0) is 12.5. The van der Waals surface area contributed by atoms with Crippen molar-refractivity contribution in [3.8, 4) is 0 Å². The lowest BCUT2D eigenvalue weighted by Crippen LogP contribution is -2.31. The van der Waals surface area contributed by atoms with Crippen LogP contribution in [0, 0.1) is 0 Å². The summed E-state index contributed by atoms with van der Waals surface area (Å²) in [5.41, 5.74) is 7.98. The van der Waals surface area contributed by atoms with Crippen molar-refractivity contribution in [2.75, 3.05) is 37.4 Å². The van der Waals surface area contributed by atoms with Crippen molar-refractivity contribution in [1.82, 2.24) is 15.3 Å². The van der Waals surface area contributed by atoms with E-state index in [9.17, 15) is 0 Å². The second kappa shape index (κ2) is 4.70. The number of hydrogen-bond donors (Lipinski definition) is 2. The van der Waals surface area contributed by atoms with Crippen LogP contribution in [-0.2, 0) is 17.8 Å². The Morgan fingerprint density at radius 1 is 1.44 bits per heavy atom. The molecule has 0 aliphatic carbocycles. The summed E-state index contributed by atoms with van der Waals surface area (Å²) in [5, 5.41) is 3.31. The van der Waals surface area contributed by atoms with Gasteiger partial charge in [-0.15, -0.1) is 0 Å². The molecule has 2 aliphatic rings. The van der Waals surface area contributed by atoms with E-state index in [1.165, 1.54) is 0 Å². The Morgan fingerprint density at radius 3 is 3.11 bits per heavy atom. The molecule has 98 valence electrons. The van der Waals surface area contributed by atoms with Gasteiger partial charge in [0.25, 0.3) is 0 Å². The molecule has 2 aliphatic heterocycles. The average Bonchev–Trinajstić information content (AvgIpc) is 2.86. The molecule has 0 spiro atoms. The van der Waals surface area contributed by atoms with Gasteiger partial charge in [-0.2, -0.15) is 4.98 Å². The number of nitrogens with one attached hydrogen (secondary N) is 1. The monoisotopic (exact) mass is 249 g/mol. The van der Waals surface area contributed by atoms with Gasteiger partial charge in [-0.1, -0.05) is 0 Å². The molecule has 18 heavy (non-hydrogen) atoms. The van der Waals surface area contributed by atoms with Crippen molar-refractivity contribution >= 4 is 11.8 Å². The summed E-state index contributed by atoms with van der Waals surface area (Å²) in [4.78, 5) is 11.0. The number of aromatic nitrogens is 2. The predicted octanol–water partition coefficient (Wildman–Crippen LogP) is -0.0704. The van der Waals surface area contributed by atoms with Crippen molar-refractivity contribution in [2.24, 2.45) is 0 Å². The van der Waals surface area contributed by atoms with E-state index in [-0.39, 0.29) is 0 Å². The number of anilines is 2. The fourth-order valence-electron chi connectivity index (χ4n) is 2.68. The van der Waals surface area contributed by atoms with Gasteiger partial charge in [0.05, 0.1) is 18.9 Å². The minimum atomic E-state index is 0.374. The standard InChI is InChI=1S/C12H19N5O/c1-14-8-2-4-17(6-8)11-9-7-18-5-3-10(9)15-12(13)16-11/h8,14H,2-7H2,1H3,(H2,13,15,16)/t8-/m1/s1. The molecule has 0 bridgehead atoms. The van der Waals surface area contributed by atoms with Crippen LogP contribution in [0.2, 0.25) is 0 Å². The molecular weight excluding hydrogens is 230 g/mol. The maximum atomic E-state index is 5.81. The van der Waals surface area contributed by atoms with Crippen molar-refractivity contribution in [2.45, 2.75) is 25.5 Å². The Morgan fingerprint density at radius 2 is 2.33 bits per heavy atom. The van der Waals surface area contributed by atoms with Crippen LogP contribution in [0.5, 0.6) is 0 Å². The van der Waals surface area contributed by atoms with E-state index < -0.39 is 0 Å². The number of likely N-dealkylation sites (N-methyl/N-ethyl adjacent to an activating group) is 1. The SMILES string of the molecule is CN[C@@H]1CCN(c2nc(N)nc3c2COCC3)C1.